The summed E-state index contributed by atoms with van der Waals surface area (Å²) >= 11 is 1.32. The molecule has 3 atom stereocenters. The van der Waals surface area contributed by atoms with Crippen LogP contribution in [0, 0.1) is 12.8 Å². The van der Waals surface area contributed by atoms with E-state index in [1.165, 1.54) is 11.3 Å². The van der Waals surface area contributed by atoms with E-state index in [-0.39, 0.29) is 23.3 Å². The van der Waals surface area contributed by atoms with Gasteiger partial charge in [0.2, 0.25) is 5.91 Å². The fraction of sp³-hybridized carbons (Fsp3) is 0.667. The van der Waals surface area contributed by atoms with Crippen molar-refractivity contribution in [1.82, 2.24) is 15.6 Å². The van der Waals surface area contributed by atoms with Crippen LogP contribution in [-0.4, -0.2) is 48.9 Å². The van der Waals surface area contributed by atoms with Gasteiger partial charge in [-0.2, -0.15) is 0 Å². The van der Waals surface area contributed by atoms with Gasteiger partial charge in [-0.3, -0.25) is 4.79 Å². The number of carbonyl (C=O) groups is 2. The van der Waals surface area contributed by atoms with Crippen molar-refractivity contribution in [2.24, 2.45) is 5.92 Å². The van der Waals surface area contributed by atoms with Gasteiger partial charge in [0.15, 0.2) is 15.0 Å². The minimum absolute atomic E-state index is 0.0565. The molecule has 3 N–H and O–H groups in total. The Balaban J connectivity index is 1.97. The highest BCUT2D eigenvalue weighted by Crippen LogP contribution is 2.17. The third-order valence-corrected chi connectivity index (χ3v) is 6.84. The predicted molar refractivity (Wildman–Crippen MR) is 97.4 cm³/mol. The van der Waals surface area contributed by atoms with Crippen molar-refractivity contribution in [3.8, 4) is 0 Å². The van der Waals surface area contributed by atoms with E-state index in [2.05, 4.69) is 20.9 Å². The number of sulfone groups is 1. The van der Waals surface area contributed by atoms with Crippen molar-refractivity contribution in [2.45, 2.75) is 45.7 Å². The van der Waals surface area contributed by atoms with Gasteiger partial charge in [0.1, 0.15) is 6.04 Å². The number of anilines is 1. The Labute approximate surface area is 151 Å². The molecule has 25 heavy (non-hydrogen) atoms. The van der Waals surface area contributed by atoms with E-state index < -0.39 is 28.0 Å². The molecular formula is C15H24N4O4S2. The zero-order chi connectivity index (χ0) is 18.6. The lowest BCUT2D eigenvalue weighted by Crippen LogP contribution is -2.53. The Kier molecular flexibility index (Phi) is 6.39. The monoisotopic (exact) mass is 388 g/mol. The molecule has 1 aromatic rings. The van der Waals surface area contributed by atoms with Crippen LogP contribution in [0.25, 0.3) is 0 Å². The number of carbonyl (C=O) groups excluding carboxylic acids is 2. The number of rotatable bonds is 6. The van der Waals surface area contributed by atoms with Crippen molar-refractivity contribution in [3.05, 3.63) is 11.1 Å². The molecule has 10 heteroatoms. The van der Waals surface area contributed by atoms with Gasteiger partial charge in [-0.1, -0.05) is 20.3 Å². The van der Waals surface area contributed by atoms with Crippen LogP contribution in [0.15, 0.2) is 5.38 Å². The van der Waals surface area contributed by atoms with E-state index in [0.29, 0.717) is 18.0 Å². The first-order valence-electron chi connectivity index (χ1n) is 8.20. The molecule has 1 aliphatic heterocycles. The number of hydrogen-bond donors (Lipinski definition) is 3. The van der Waals surface area contributed by atoms with Gasteiger partial charge in [0.05, 0.1) is 17.2 Å². The van der Waals surface area contributed by atoms with Crippen molar-refractivity contribution in [3.63, 3.8) is 0 Å². The van der Waals surface area contributed by atoms with Crippen LogP contribution in [0.5, 0.6) is 0 Å². The Hall–Kier alpha value is -1.68. The van der Waals surface area contributed by atoms with Crippen LogP contribution in [0.1, 0.15) is 32.4 Å². The molecule has 1 saturated heterocycles. The molecule has 0 spiro atoms. The summed E-state index contributed by atoms with van der Waals surface area (Å²) in [4.78, 5) is 28.9. The number of urea groups is 1. The van der Waals surface area contributed by atoms with Crippen molar-refractivity contribution >= 4 is 38.2 Å². The van der Waals surface area contributed by atoms with Crippen LogP contribution in [-0.2, 0) is 14.6 Å². The standard InChI is InChI=1S/C15H24N4O4S2/c1-4-9(2)12(13(20)19-15-16-10(3)7-24-15)18-14(21)17-11-5-6-25(22,23)8-11/h7,9,11-12H,4-6,8H2,1-3H3,(H,16,19,20)(H2,17,18,21)/t9-,11-,12+/m1/s1. The maximum atomic E-state index is 12.5. The minimum Gasteiger partial charge on any atom is -0.334 e. The van der Waals surface area contributed by atoms with Gasteiger partial charge in [-0.15, -0.1) is 11.3 Å². The molecular weight excluding hydrogens is 364 g/mol. The Morgan fingerprint density at radius 2 is 2.16 bits per heavy atom. The quantitative estimate of drug-likeness (QED) is 0.679. The zero-order valence-corrected chi connectivity index (χ0v) is 16.2. The van der Waals surface area contributed by atoms with Crippen LogP contribution in [0.4, 0.5) is 9.93 Å². The lowest BCUT2D eigenvalue weighted by atomic mass is 9.98. The third-order valence-electron chi connectivity index (χ3n) is 4.20. The number of aromatic nitrogens is 1. The summed E-state index contributed by atoms with van der Waals surface area (Å²) in [7, 11) is -3.07. The maximum absolute atomic E-state index is 12.5. The van der Waals surface area contributed by atoms with E-state index in [1.807, 2.05) is 26.2 Å². The van der Waals surface area contributed by atoms with Crippen molar-refractivity contribution in [1.29, 1.82) is 0 Å². The first-order chi connectivity index (χ1) is 11.7. The Morgan fingerprint density at radius 1 is 1.44 bits per heavy atom. The maximum Gasteiger partial charge on any atom is 0.315 e. The Morgan fingerprint density at radius 3 is 2.68 bits per heavy atom. The van der Waals surface area contributed by atoms with E-state index in [4.69, 9.17) is 0 Å². The Bertz CT molecular complexity index is 732. The molecule has 1 aromatic heterocycles. The second kappa shape index (κ2) is 8.13. The highest BCUT2D eigenvalue weighted by atomic mass is 32.2. The molecule has 2 heterocycles. The normalized spacial score (nSPS) is 21.3. The third kappa shape index (κ3) is 5.67. The minimum atomic E-state index is -3.07. The van der Waals surface area contributed by atoms with Crippen LogP contribution >= 0.6 is 11.3 Å². The molecule has 0 radical (unpaired) electrons. The molecule has 8 nitrogen and oxygen atoms in total. The summed E-state index contributed by atoms with van der Waals surface area (Å²) < 4.78 is 22.9. The highest BCUT2D eigenvalue weighted by Gasteiger charge is 2.31. The predicted octanol–water partition coefficient (Wildman–Crippen LogP) is 1.29. The number of aryl methyl sites for hydroxylation is 1. The van der Waals surface area contributed by atoms with Gasteiger partial charge in [0.25, 0.3) is 0 Å². The molecule has 2 rings (SSSR count). The summed E-state index contributed by atoms with van der Waals surface area (Å²) in [5.41, 5.74) is 0.813. The first-order valence-corrected chi connectivity index (χ1v) is 10.9. The summed E-state index contributed by atoms with van der Waals surface area (Å²) in [6, 6.07) is -1.67. The summed E-state index contributed by atoms with van der Waals surface area (Å²) in [6.07, 6.45) is 1.10. The molecule has 1 fully saturated rings. The van der Waals surface area contributed by atoms with Crippen molar-refractivity contribution in [2.75, 3.05) is 16.8 Å². The molecule has 0 aromatic carbocycles. The highest BCUT2D eigenvalue weighted by molar-refractivity contribution is 7.91. The number of nitrogens with zero attached hydrogens (tertiary/aromatic N) is 1. The van der Waals surface area contributed by atoms with E-state index >= 15 is 0 Å². The smallest absolute Gasteiger partial charge is 0.315 e. The topological polar surface area (TPSA) is 117 Å². The van der Waals surface area contributed by atoms with Crippen LogP contribution < -0.4 is 16.0 Å². The summed E-state index contributed by atoms with van der Waals surface area (Å²) in [5.74, 6) is -0.396. The van der Waals surface area contributed by atoms with Gasteiger partial charge in [-0.05, 0) is 19.3 Å². The molecule has 0 bridgehead atoms. The number of thiazole rings is 1. The second-order valence-corrected chi connectivity index (χ2v) is 9.45. The molecule has 3 amide bonds. The number of hydrogen-bond acceptors (Lipinski definition) is 6. The lowest BCUT2D eigenvalue weighted by molar-refractivity contribution is -0.119. The second-order valence-electron chi connectivity index (χ2n) is 6.36. The molecule has 1 aliphatic rings. The summed E-state index contributed by atoms with van der Waals surface area (Å²) in [5, 5.41) is 10.3. The zero-order valence-electron chi connectivity index (χ0n) is 14.5. The molecule has 0 aliphatic carbocycles. The van der Waals surface area contributed by atoms with Crippen molar-refractivity contribution < 1.29 is 18.0 Å². The summed E-state index contributed by atoms with van der Waals surface area (Å²) in [6.45, 7) is 5.64. The lowest BCUT2D eigenvalue weighted by Gasteiger charge is -2.24. The fourth-order valence-electron chi connectivity index (χ4n) is 2.57. The first kappa shape index (κ1) is 19.6. The van der Waals surface area contributed by atoms with E-state index in [9.17, 15) is 18.0 Å². The molecule has 0 unspecified atom stereocenters. The van der Waals surface area contributed by atoms with E-state index in [1.54, 1.807) is 0 Å². The molecule has 0 saturated carbocycles. The average molecular weight is 389 g/mol. The van der Waals surface area contributed by atoms with E-state index in [0.717, 1.165) is 5.69 Å². The SMILES string of the molecule is CC[C@@H](C)[C@H](NC(=O)N[C@@H]1CCS(=O)(=O)C1)C(=O)Nc1nc(C)cs1. The largest absolute Gasteiger partial charge is 0.334 e. The average Bonchev–Trinajstić information content (AvgIpc) is 3.08. The van der Waals surface area contributed by atoms with Gasteiger partial charge >= 0.3 is 6.03 Å². The fourth-order valence-corrected chi connectivity index (χ4v) is 4.94. The van der Waals surface area contributed by atoms with Gasteiger partial charge < -0.3 is 16.0 Å². The van der Waals surface area contributed by atoms with Gasteiger partial charge in [-0.25, -0.2) is 18.2 Å². The number of amides is 3. The van der Waals surface area contributed by atoms with Crippen LogP contribution in [0.2, 0.25) is 0 Å². The molecule has 140 valence electrons. The van der Waals surface area contributed by atoms with Crippen LogP contribution in [0.3, 0.4) is 0 Å². The van der Waals surface area contributed by atoms with Gasteiger partial charge in [0, 0.05) is 11.4 Å². The number of nitrogens with one attached hydrogen (secondary N) is 3.